The van der Waals surface area contributed by atoms with Gasteiger partial charge in [-0.15, -0.1) is 0 Å². The van der Waals surface area contributed by atoms with E-state index in [2.05, 4.69) is 30.7 Å². The lowest BCUT2D eigenvalue weighted by Gasteiger charge is -2.29. The van der Waals surface area contributed by atoms with Gasteiger partial charge in [-0.3, -0.25) is 4.98 Å². The first kappa shape index (κ1) is 14.5. The molecule has 1 rings (SSSR count). The van der Waals surface area contributed by atoms with Crippen LogP contribution < -0.4 is 4.90 Å². The molecule has 0 saturated heterocycles. The molecule has 4 nitrogen and oxygen atoms in total. The SMILES string of the molecule is CCCCCN(c1cnccc1C(=O)O)C(C)C. The summed E-state index contributed by atoms with van der Waals surface area (Å²) in [7, 11) is 0. The monoisotopic (exact) mass is 250 g/mol. The molecule has 0 amide bonds. The molecule has 1 aromatic heterocycles. The zero-order chi connectivity index (χ0) is 13.5. The van der Waals surface area contributed by atoms with Gasteiger partial charge in [0.15, 0.2) is 0 Å². The second-order valence-electron chi connectivity index (χ2n) is 4.69. The van der Waals surface area contributed by atoms with Gasteiger partial charge in [-0.1, -0.05) is 19.8 Å². The van der Waals surface area contributed by atoms with Crippen molar-refractivity contribution in [3.8, 4) is 0 Å². The lowest BCUT2D eigenvalue weighted by molar-refractivity contribution is 0.0697. The third-order valence-electron chi connectivity index (χ3n) is 2.97. The van der Waals surface area contributed by atoms with Gasteiger partial charge in [0.05, 0.1) is 17.4 Å². The maximum Gasteiger partial charge on any atom is 0.337 e. The first-order chi connectivity index (χ1) is 8.57. The van der Waals surface area contributed by atoms with Crippen LogP contribution in [0, 0.1) is 0 Å². The zero-order valence-electron chi connectivity index (χ0n) is 11.4. The minimum atomic E-state index is -0.895. The summed E-state index contributed by atoms with van der Waals surface area (Å²) in [4.78, 5) is 17.4. The van der Waals surface area contributed by atoms with Gasteiger partial charge in [-0.2, -0.15) is 0 Å². The van der Waals surface area contributed by atoms with E-state index < -0.39 is 5.97 Å². The highest BCUT2D eigenvalue weighted by Gasteiger charge is 2.17. The number of hydrogen-bond acceptors (Lipinski definition) is 3. The van der Waals surface area contributed by atoms with Gasteiger partial charge < -0.3 is 10.0 Å². The van der Waals surface area contributed by atoms with Crippen molar-refractivity contribution in [1.29, 1.82) is 0 Å². The fraction of sp³-hybridized carbons (Fsp3) is 0.571. The summed E-state index contributed by atoms with van der Waals surface area (Å²) in [5.41, 5.74) is 1.05. The van der Waals surface area contributed by atoms with Crippen LogP contribution in [0.2, 0.25) is 0 Å². The van der Waals surface area contributed by atoms with E-state index in [1.807, 2.05) is 0 Å². The number of nitrogens with zero attached hydrogens (tertiary/aromatic N) is 2. The Morgan fingerprint density at radius 2 is 2.17 bits per heavy atom. The number of aromatic nitrogens is 1. The lowest BCUT2D eigenvalue weighted by atomic mass is 10.1. The van der Waals surface area contributed by atoms with Crippen LogP contribution in [0.25, 0.3) is 0 Å². The standard InChI is InChI=1S/C14H22N2O2/c1-4-5-6-9-16(11(2)3)13-10-15-8-7-12(13)14(17)18/h7-8,10-11H,4-6,9H2,1-3H3,(H,17,18). The van der Waals surface area contributed by atoms with Crippen LogP contribution in [0.3, 0.4) is 0 Å². The van der Waals surface area contributed by atoms with Crippen LogP contribution in [0.15, 0.2) is 18.5 Å². The summed E-state index contributed by atoms with van der Waals surface area (Å²) >= 11 is 0. The van der Waals surface area contributed by atoms with E-state index in [0.29, 0.717) is 5.56 Å². The molecule has 100 valence electrons. The lowest BCUT2D eigenvalue weighted by Crippen LogP contribution is -2.33. The molecular weight excluding hydrogens is 228 g/mol. The average Bonchev–Trinajstić information content (AvgIpc) is 2.34. The third kappa shape index (κ3) is 3.72. The molecule has 0 saturated carbocycles. The van der Waals surface area contributed by atoms with Gasteiger partial charge >= 0.3 is 5.97 Å². The maximum atomic E-state index is 11.2. The Morgan fingerprint density at radius 1 is 1.44 bits per heavy atom. The van der Waals surface area contributed by atoms with E-state index in [1.165, 1.54) is 6.20 Å². The fourth-order valence-corrected chi connectivity index (χ4v) is 1.98. The summed E-state index contributed by atoms with van der Waals surface area (Å²) in [5.74, 6) is -0.895. The number of pyridine rings is 1. The van der Waals surface area contributed by atoms with Crippen LogP contribution in [0.5, 0.6) is 0 Å². The second-order valence-corrected chi connectivity index (χ2v) is 4.69. The fourth-order valence-electron chi connectivity index (χ4n) is 1.98. The molecule has 0 spiro atoms. The predicted molar refractivity (Wildman–Crippen MR) is 73.2 cm³/mol. The molecule has 1 aromatic rings. The molecular formula is C14H22N2O2. The largest absolute Gasteiger partial charge is 0.478 e. The van der Waals surface area contributed by atoms with Gasteiger partial charge in [-0.25, -0.2) is 4.79 Å². The van der Waals surface area contributed by atoms with Crippen LogP contribution in [-0.4, -0.2) is 28.6 Å². The van der Waals surface area contributed by atoms with Gasteiger partial charge in [0, 0.05) is 18.8 Å². The number of carboxylic acids is 1. The second kappa shape index (κ2) is 6.99. The van der Waals surface area contributed by atoms with E-state index in [0.717, 1.165) is 31.5 Å². The minimum absolute atomic E-state index is 0.268. The van der Waals surface area contributed by atoms with Crippen molar-refractivity contribution in [3.63, 3.8) is 0 Å². The third-order valence-corrected chi connectivity index (χ3v) is 2.97. The van der Waals surface area contributed by atoms with Crippen molar-refractivity contribution in [1.82, 2.24) is 4.98 Å². The molecule has 1 N–H and O–H groups in total. The van der Waals surface area contributed by atoms with Crippen molar-refractivity contribution in [3.05, 3.63) is 24.0 Å². The Kier molecular flexibility index (Phi) is 5.62. The summed E-state index contributed by atoms with van der Waals surface area (Å²) < 4.78 is 0. The molecule has 18 heavy (non-hydrogen) atoms. The van der Waals surface area contributed by atoms with E-state index in [1.54, 1.807) is 12.3 Å². The van der Waals surface area contributed by atoms with Crippen molar-refractivity contribution in [2.45, 2.75) is 46.1 Å². The molecule has 0 aliphatic rings. The number of carboxylic acid groups (broad SMARTS) is 1. The topological polar surface area (TPSA) is 53.4 Å². The smallest absolute Gasteiger partial charge is 0.337 e. The predicted octanol–water partition coefficient (Wildman–Crippen LogP) is 3.18. The number of rotatable bonds is 7. The highest BCUT2D eigenvalue weighted by atomic mass is 16.4. The van der Waals surface area contributed by atoms with Gasteiger partial charge in [-0.05, 0) is 26.3 Å². The number of hydrogen-bond donors (Lipinski definition) is 1. The highest BCUT2D eigenvalue weighted by molar-refractivity contribution is 5.94. The Balaban J connectivity index is 2.94. The Hall–Kier alpha value is -1.58. The Labute approximate surface area is 109 Å². The highest BCUT2D eigenvalue weighted by Crippen LogP contribution is 2.22. The van der Waals surface area contributed by atoms with E-state index >= 15 is 0 Å². The maximum absolute atomic E-state index is 11.2. The Bertz CT molecular complexity index is 391. The van der Waals surface area contributed by atoms with Crippen LogP contribution in [-0.2, 0) is 0 Å². The van der Waals surface area contributed by atoms with Crippen molar-refractivity contribution in [2.24, 2.45) is 0 Å². The molecule has 0 radical (unpaired) electrons. The van der Waals surface area contributed by atoms with Crippen molar-refractivity contribution >= 4 is 11.7 Å². The van der Waals surface area contributed by atoms with E-state index in [9.17, 15) is 9.90 Å². The quantitative estimate of drug-likeness (QED) is 0.755. The first-order valence-electron chi connectivity index (χ1n) is 6.51. The minimum Gasteiger partial charge on any atom is -0.478 e. The van der Waals surface area contributed by atoms with Crippen LogP contribution in [0.1, 0.15) is 50.4 Å². The van der Waals surface area contributed by atoms with Crippen molar-refractivity contribution < 1.29 is 9.90 Å². The molecule has 0 aliphatic heterocycles. The molecule has 0 unspecified atom stereocenters. The number of anilines is 1. The normalized spacial score (nSPS) is 10.7. The number of aromatic carboxylic acids is 1. The molecule has 0 aromatic carbocycles. The summed E-state index contributed by atoms with van der Waals surface area (Å²) in [6, 6.07) is 1.83. The molecule has 1 heterocycles. The van der Waals surface area contributed by atoms with Gasteiger partial charge in [0.25, 0.3) is 0 Å². The van der Waals surface area contributed by atoms with Crippen LogP contribution in [0.4, 0.5) is 5.69 Å². The zero-order valence-corrected chi connectivity index (χ0v) is 11.4. The van der Waals surface area contributed by atoms with Gasteiger partial charge in [0.2, 0.25) is 0 Å². The van der Waals surface area contributed by atoms with Crippen LogP contribution >= 0.6 is 0 Å². The molecule has 4 heteroatoms. The molecule has 0 aliphatic carbocycles. The summed E-state index contributed by atoms with van der Waals surface area (Å²) in [6.07, 6.45) is 6.56. The van der Waals surface area contributed by atoms with Crippen molar-refractivity contribution in [2.75, 3.05) is 11.4 Å². The first-order valence-corrected chi connectivity index (χ1v) is 6.51. The van der Waals surface area contributed by atoms with E-state index in [-0.39, 0.29) is 6.04 Å². The molecule has 0 fully saturated rings. The Morgan fingerprint density at radius 3 is 2.72 bits per heavy atom. The average molecular weight is 250 g/mol. The van der Waals surface area contributed by atoms with E-state index in [4.69, 9.17) is 0 Å². The molecule has 0 atom stereocenters. The summed E-state index contributed by atoms with van der Waals surface area (Å²) in [5, 5.41) is 9.21. The number of carbonyl (C=O) groups is 1. The number of unbranched alkanes of at least 4 members (excludes halogenated alkanes) is 2. The summed E-state index contributed by atoms with van der Waals surface area (Å²) in [6.45, 7) is 7.18. The van der Waals surface area contributed by atoms with Gasteiger partial charge in [0.1, 0.15) is 0 Å². The molecule has 0 bridgehead atoms.